The number of nitrogens with two attached hydrogens (primary N) is 1. The maximum absolute atomic E-state index is 13.0. The Morgan fingerprint density at radius 1 is 1.19 bits per heavy atom. The van der Waals surface area contributed by atoms with Gasteiger partial charge < -0.3 is 26.2 Å². The van der Waals surface area contributed by atoms with Crippen LogP contribution in [-0.4, -0.2) is 60.7 Å². The number of hydrogen-bond acceptors (Lipinski definition) is 6. The van der Waals surface area contributed by atoms with Crippen LogP contribution < -0.4 is 16.4 Å². The van der Waals surface area contributed by atoms with E-state index in [2.05, 4.69) is 37.5 Å². The van der Waals surface area contributed by atoms with Crippen molar-refractivity contribution in [3.05, 3.63) is 42.2 Å². The molecule has 198 valence electrons. The van der Waals surface area contributed by atoms with Gasteiger partial charge in [0.1, 0.15) is 6.04 Å². The fraction of sp³-hybridized carbons (Fsp3) is 0.556. The van der Waals surface area contributed by atoms with Crippen molar-refractivity contribution in [1.29, 1.82) is 5.26 Å². The highest BCUT2D eigenvalue weighted by molar-refractivity contribution is 5.94. The van der Waals surface area contributed by atoms with Crippen LogP contribution in [0.1, 0.15) is 41.0 Å². The highest BCUT2D eigenvalue weighted by Crippen LogP contribution is 2.25. The fourth-order valence-electron chi connectivity index (χ4n) is 3.87. The SMILES string of the molecule is CC(C)C.CN/C=C(\N)C(C(=O)N(C)CC(=O)N1CC(C(=O)Nc2ccccc2)CC1C#N)C(C)C. The van der Waals surface area contributed by atoms with Crippen LogP contribution in [0.3, 0.4) is 0 Å². The summed E-state index contributed by atoms with van der Waals surface area (Å²) in [7, 11) is 3.24. The van der Waals surface area contributed by atoms with Crippen molar-refractivity contribution < 1.29 is 14.4 Å². The summed E-state index contributed by atoms with van der Waals surface area (Å²) < 4.78 is 0. The Morgan fingerprint density at radius 2 is 1.78 bits per heavy atom. The maximum Gasteiger partial charge on any atom is 0.243 e. The molecule has 3 unspecified atom stereocenters. The van der Waals surface area contributed by atoms with Gasteiger partial charge in [0, 0.05) is 38.2 Å². The molecule has 1 aliphatic heterocycles. The van der Waals surface area contributed by atoms with Crippen LogP contribution >= 0.6 is 0 Å². The largest absolute Gasteiger partial charge is 0.400 e. The van der Waals surface area contributed by atoms with Crippen molar-refractivity contribution in [2.45, 2.75) is 47.1 Å². The van der Waals surface area contributed by atoms with E-state index in [1.807, 2.05) is 32.0 Å². The lowest BCUT2D eigenvalue weighted by Crippen LogP contribution is -2.46. The first-order chi connectivity index (χ1) is 16.9. The zero-order chi connectivity index (χ0) is 27.4. The molecule has 1 aliphatic rings. The highest BCUT2D eigenvalue weighted by Gasteiger charge is 2.39. The van der Waals surface area contributed by atoms with E-state index in [0.717, 1.165) is 5.92 Å². The number of amides is 3. The predicted molar refractivity (Wildman–Crippen MR) is 142 cm³/mol. The molecule has 0 bridgehead atoms. The summed E-state index contributed by atoms with van der Waals surface area (Å²) >= 11 is 0. The Hall–Kier alpha value is -3.54. The van der Waals surface area contributed by atoms with Crippen LogP contribution in [0.5, 0.6) is 0 Å². The van der Waals surface area contributed by atoms with Gasteiger partial charge in [0.15, 0.2) is 0 Å². The molecular weight excluding hydrogens is 456 g/mol. The molecule has 0 aliphatic carbocycles. The minimum atomic E-state index is -0.715. The second-order valence-electron chi connectivity index (χ2n) is 10.1. The Labute approximate surface area is 215 Å². The first kappa shape index (κ1) is 30.5. The normalized spacial score (nSPS) is 18.1. The van der Waals surface area contributed by atoms with Gasteiger partial charge in [-0.25, -0.2) is 0 Å². The average molecular weight is 499 g/mol. The average Bonchev–Trinajstić information content (AvgIpc) is 3.24. The Balaban J connectivity index is 0.00000150. The Kier molecular flexibility index (Phi) is 12.5. The Bertz CT molecular complexity index is 936. The predicted octanol–water partition coefficient (Wildman–Crippen LogP) is 2.78. The van der Waals surface area contributed by atoms with Crippen molar-refractivity contribution >= 4 is 23.4 Å². The number of hydrogen-bond donors (Lipinski definition) is 3. The topological polar surface area (TPSA) is 132 Å². The number of anilines is 1. The summed E-state index contributed by atoms with van der Waals surface area (Å²) in [6.07, 6.45) is 1.82. The highest BCUT2D eigenvalue weighted by atomic mass is 16.2. The number of rotatable bonds is 8. The van der Waals surface area contributed by atoms with Crippen molar-refractivity contribution in [3.8, 4) is 6.07 Å². The van der Waals surface area contributed by atoms with Crippen molar-refractivity contribution in [2.24, 2.45) is 29.4 Å². The molecule has 1 saturated heterocycles. The Morgan fingerprint density at radius 3 is 2.28 bits per heavy atom. The van der Waals surface area contributed by atoms with E-state index in [9.17, 15) is 19.6 Å². The number of nitrogens with one attached hydrogen (secondary N) is 2. The van der Waals surface area contributed by atoms with Crippen LogP contribution in [0, 0.1) is 35.0 Å². The standard InChI is InChI=1S/C23H32N6O3.C4H10/c1-15(2)21(19(25)12-26-3)23(32)28(4)14-20(30)29-13-16(10-18(29)11-24)22(31)27-17-8-6-5-7-9-17;1-4(2)3/h5-9,12,15-16,18,21,26H,10,13-14,25H2,1-4H3,(H,27,31);4H,1-3H3/b19-12-;. The number of para-hydroxylation sites is 1. The molecule has 0 spiro atoms. The molecule has 36 heavy (non-hydrogen) atoms. The molecule has 4 N–H and O–H groups in total. The molecule has 0 saturated carbocycles. The fourth-order valence-corrected chi connectivity index (χ4v) is 3.87. The van der Waals surface area contributed by atoms with E-state index in [0.29, 0.717) is 11.4 Å². The third-order valence-electron chi connectivity index (χ3n) is 5.53. The number of likely N-dealkylation sites (N-methyl/N-ethyl adjacent to an activating group) is 1. The van der Waals surface area contributed by atoms with E-state index in [1.54, 1.807) is 32.4 Å². The third kappa shape index (κ3) is 9.25. The zero-order valence-corrected chi connectivity index (χ0v) is 22.6. The monoisotopic (exact) mass is 498 g/mol. The van der Waals surface area contributed by atoms with Crippen LogP contribution in [0.25, 0.3) is 0 Å². The van der Waals surface area contributed by atoms with E-state index >= 15 is 0 Å². The molecule has 1 heterocycles. The molecule has 9 nitrogen and oxygen atoms in total. The van der Waals surface area contributed by atoms with Crippen molar-refractivity contribution in [2.75, 3.05) is 32.5 Å². The van der Waals surface area contributed by atoms with Gasteiger partial charge >= 0.3 is 0 Å². The molecular formula is C27H42N6O3. The number of likely N-dealkylation sites (tertiary alicyclic amines) is 1. The zero-order valence-electron chi connectivity index (χ0n) is 22.6. The van der Waals surface area contributed by atoms with Crippen molar-refractivity contribution in [3.63, 3.8) is 0 Å². The number of benzene rings is 1. The van der Waals surface area contributed by atoms with Crippen LogP contribution in [0.2, 0.25) is 0 Å². The van der Waals surface area contributed by atoms with Crippen LogP contribution in [0.15, 0.2) is 42.2 Å². The molecule has 9 heteroatoms. The van der Waals surface area contributed by atoms with Gasteiger partial charge in [-0.1, -0.05) is 52.8 Å². The molecule has 3 atom stereocenters. The first-order valence-electron chi connectivity index (χ1n) is 12.4. The molecule has 0 aromatic heterocycles. The van der Waals surface area contributed by atoms with Gasteiger partial charge in [0.05, 0.1) is 24.4 Å². The van der Waals surface area contributed by atoms with Gasteiger partial charge in [-0.2, -0.15) is 5.26 Å². The lowest BCUT2D eigenvalue weighted by atomic mass is 9.91. The van der Waals surface area contributed by atoms with E-state index < -0.39 is 17.9 Å². The van der Waals surface area contributed by atoms with Gasteiger partial charge in [0.25, 0.3) is 0 Å². The number of carbonyl (C=O) groups excluding carboxylic acids is 3. The van der Waals surface area contributed by atoms with Crippen LogP contribution in [-0.2, 0) is 14.4 Å². The minimum absolute atomic E-state index is 0.0608. The number of nitriles is 1. The summed E-state index contributed by atoms with van der Waals surface area (Å²) in [6.45, 7) is 10.2. The molecule has 2 rings (SSSR count). The van der Waals surface area contributed by atoms with Gasteiger partial charge in [-0.3, -0.25) is 14.4 Å². The maximum atomic E-state index is 13.0. The summed E-state index contributed by atoms with van der Waals surface area (Å²) in [5.74, 6) is -1.18. The summed E-state index contributed by atoms with van der Waals surface area (Å²) in [5.41, 5.74) is 7.10. The number of nitrogens with zero attached hydrogens (tertiary/aromatic N) is 3. The molecule has 1 aromatic carbocycles. The van der Waals surface area contributed by atoms with E-state index in [1.165, 1.54) is 9.80 Å². The summed E-state index contributed by atoms with van der Waals surface area (Å²) in [5, 5.41) is 15.2. The van der Waals surface area contributed by atoms with E-state index in [4.69, 9.17) is 5.73 Å². The van der Waals surface area contributed by atoms with Gasteiger partial charge in [-0.05, 0) is 30.4 Å². The third-order valence-corrected chi connectivity index (χ3v) is 5.53. The summed E-state index contributed by atoms with van der Waals surface area (Å²) in [6, 6.07) is 10.4. The minimum Gasteiger partial charge on any atom is -0.400 e. The smallest absolute Gasteiger partial charge is 0.243 e. The molecule has 3 amide bonds. The van der Waals surface area contributed by atoms with Crippen molar-refractivity contribution in [1.82, 2.24) is 15.1 Å². The quantitative estimate of drug-likeness (QED) is 0.505. The molecule has 0 radical (unpaired) electrons. The molecule has 1 fully saturated rings. The lowest BCUT2D eigenvalue weighted by molar-refractivity contribution is -0.142. The second-order valence-corrected chi connectivity index (χ2v) is 10.1. The van der Waals surface area contributed by atoms with Crippen LogP contribution in [0.4, 0.5) is 5.69 Å². The van der Waals surface area contributed by atoms with Gasteiger partial charge in [-0.15, -0.1) is 0 Å². The number of carbonyl (C=O) groups is 3. The molecule has 1 aromatic rings. The first-order valence-corrected chi connectivity index (χ1v) is 12.4. The summed E-state index contributed by atoms with van der Waals surface area (Å²) in [4.78, 5) is 41.2. The lowest BCUT2D eigenvalue weighted by Gasteiger charge is -2.28. The van der Waals surface area contributed by atoms with E-state index in [-0.39, 0.29) is 43.1 Å². The van der Waals surface area contributed by atoms with Gasteiger partial charge in [0.2, 0.25) is 17.7 Å². The second kappa shape index (κ2) is 14.8.